The molecule has 0 aromatic carbocycles. The maximum Gasteiger partial charge on any atom is 0.159 e. The summed E-state index contributed by atoms with van der Waals surface area (Å²) in [5.41, 5.74) is 0. The molecule has 0 nitrogen and oxygen atoms in total. The molecule has 1 aliphatic heterocycles. The topological polar surface area (TPSA) is 0 Å². The lowest BCUT2D eigenvalue weighted by Gasteiger charge is -2.09. The molecule has 0 bridgehead atoms. The van der Waals surface area contributed by atoms with Crippen LogP contribution in [0.2, 0.25) is 0 Å². The van der Waals surface area contributed by atoms with Crippen LogP contribution in [0.5, 0.6) is 0 Å². The van der Waals surface area contributed by atoms with Crippen LogP contribution < -0.4 is 0 Å². The molecular weight excluding hydrogens is 146 g/mol. The van der Waals surface area contributed by atoms with Gasteiger partial charge in [-0.25, -0.2) is 0 Å². The Morgan fingerprint density at radius 3 is 1.22 bits per heavy atom. The van der Waals surface area contributed by atoms with Gasteiger partial charge in [-0.2, -0.15) is 0 Å². The zero-order valence-corrected chi connectivity index (χ0v) is 8.80. The summed E-state index contributed by atoms with van der Waals surface area (Å²) < 4.78 is 0. The monoisotopic (exact) mass is 164 g/mol. The van der Waals surface area contributed by atoms with Crippen LogP contribution in [0.25, 0.3) is 0 Å². The highest BCUT2D eigenvalue weighted by Gasteiger charge is 2.47. The van der Waals surface area contributed by atoms with Gasteiger partial charge >= 0.3 is 0 Å². The van der Waals surface area contributed by atoms with Gasteiger partial charge < -0.3 is 0 Å². The Bertz CT molecular complexity index is 102. The van der Waals surface area contributed by atoms with E-state index in [4.69, 9.17) is 0 Å². The van der Waals surface area contributed by atoms with Crippen molar-refractivity contribution in [2.45, 2.75) is 0 Å². The maximum atomic E-state index is 2.52. The summed E-state index contributed by atoms with van der Waals surface area (Å²) in [7, 11) is -0.731. The molecule has 1 aliphatic rings. The normalized spacial score (nSPS) is 30.7. The Kier molecular flexibility index (Phi) is 1.92. The van der Waals surface area contributed by atoms with E-state index in [2.05, 4.69) is 26.7 Å². The van der Waals surface area contributed by atoms with Crippen molar-refractivity contribution in [2.24, 2.45) is 0 Å². The Labute approximate surface area is 60.1 Å². The highest BCUT2D eigenvalue weighted by Crippen LogP contribution is 2.74. The van der Waals surface area contributed by atoms with Crippen molar-refractivity contribution in [1.29, 1.82) is 0 Å². The molecule has 0 spiro atoms. The van der Waals surface area contributed by atoms with Crippen molar-refractivity contribution in [1.82, 2.24) is 0 Å². The first-order valence-electron chi connectivity index (χ1n) is 3.55. The van der Waals surface area contributed by atoms with Crippen molar-refractivity contribution >= 4 is 14.5 Å². The molecule has 0 amide bonds. The zero-order chi connectivity index (χ0) is 7.12. The highest BCUT2D eigenvalue weighted by molar-refractivity contribution is 7.93. The summed E-state index contributed by atoms with van der Waals surface area (Å²) in [6.45, 7) is 10.1. The second-order valence-electron chi connectivity index (χ2n) is 4.46. The maximum absolute atomic E-state index is 2.52. The standard InChI is InChI=1S/C7H18P2/c1-8(2)5-6-9(3,4)7-8/h5-7H2,1-4H3/q+2. The van der Waals surface area contributed by atoms with Gasteiger partial charge in [-0.15, -0.1) is 0 Å². The minimum atomic E-state index is -0.365. The molecule has 0 radical (unpaired) electrons. The molecule has 0 saturated carbocycles. The smallest absolute Gasteiger partial charge is 0.0495 e. The summed E-state index contributed by atoms with van der Waals surface area (Å²) in [6, 6.07) is 0. The second-order valence-corrected chi connectivity index (χ2v) is 14.2. The summed E-state index contributed by atoms with van der Waals surface area (Å²) >= 11 is 0. The largest absolute Gasteiger partial charge is 0.159 e. The van der Waals surface area contributed by atoms with Gasteiger partial charge in [-0.05, 0) is 0 Å². The molecule has 1 heterocycles. The van der Waals surface area contributed by atoms with Crippen LogP contribution in [0.15, 0.2) is 0 Å². The van der Waals surface area contributed by atoms with Crippen molar-refractivity contribution < 1.29 is 0 Å². The van der Waals surface area contributed by atoms with Gasteiger partial charge in [0.05, 0.1) is 39.0 Å². The van der Waals surface area contributed by atoms with E-state index in [9.17, 15) is 0 Å². The number of rotatable bonds is 0. The van der Waals surface area contributed by atoms with Crippen molar-refractivity contribution in [3.63, 3.8) is 0 Å². The van der Waals surface area contributed by atoms with Crippen LogP contribution in [0.4, 0.5) is 0 Å². The first-order valence-corrected chi connectivity index (χ1v) is 9.66. The quantitative estimate of drug-likeness (QED) is 0.482. The van der Waals surface area contributed by atoms with E-state index < -0.39 is 0 Å². The number of hydrogen-bond donors (Lipinski definition) is 0. The van der Waals surface area contributed by atoms with Crippen molar-refractivity contribution in [3.8, 4) is 0 Å². The predicted molar refractivity (Wildman–Crippen MR) is 52.1 cm³/mol. The molecule has 0 aromatic heterocycles. The highest BCUT2D eigenvalue weighted by atomic mass is 31.2. The molecule has 0 unspecified atom stereocenters. The molecule has 0 N–H and O–H groups in total. The van der Waals surface area contributed by atoms with Gasteiger partial charge in [0.2, 0.25) is 0 Å². The lowest BCUT2D eigenvalue weighted by Crippen LogP contribution is -1.89. The molecule has 1 fully saturated rings. The fourth-order valence-electron chi connectivity index (χ4n) is 1.72. The Hall–Kier alpha value is 0.860. The molecular formula is C7H18P2+2. The van der Waals surface area contributed by atoms with Crippen LogP contribution in [-0.4, -0.2) is 44.9 Å². The Morgan fingerprint density at radius 1 is 0.778 bits per heavy atom. The van der Waals surface area contributed by atoms with Crippen LogP contribution in [-0.2, 0) is 0 Å². The molecule has 54 valence electrons. The third-order valence-electron chi connectivity index (χ3n) is 2.08. The van der Waals surface area contributed by atoms with Gasteiger partial charge in [0, 0.05) is 14.5 Å². The van der Waals surface area contributed by atoms with E-state index in [-0.39, 0.29) is 14.5 Å². The van der Waals surface area contributed by atoms with E-state index in [1.165, 1.54) is 0 Å². The molecule has 2 heteroatoms. The minimum Gasteiger partial charge on any atom is 0.0495 e. The Morgan fingerprint density at radius 2 is 1.11 bits per heavy atom. The first-order chi connectivity index (χ1) is 3.91. The lowest BCUT2D eigenvalue weighted by molar-refractivity contribution is 1.49. The van der Waals surface area contributed by atoms with Gasteiger partial charge in [-0.3, -0.25) is 0 Å². The predicted octanol–water partition coefficient (Wildman–Crippen LogP) is 2.51. The molecule has 0 aromatic rings. The lowest BCUT2D eigenvalue weighted by atomic mass is 11.0. The van der Waals surface area contributed by atoms with E-state index in [1.807, 2.05) is 0 Å². The van der Waals surface area contributed by atoms with Crippen molar-refractivity contribution in [3.05, 3.63) is 0 Å². The van der Waals surface area contributed by atoms with Crippen LogP contribution >= 0.6 is 14.5 Å². The average Bonchev–Trinajstić information content (AvgIpc) is 1.78. The van der Waals surface area contributed by atoms with Crippen molar-refractivity contribution in [2.75, 3.05) is 44.9 Å². The second kappa shape index (κ2) is 2.18. The summed E-state index contributed by atoms with van der Waals surface area (Å²) in [5.74, 6) is 1.62. The van der Waals surface area contributed by atoms with Gasteiger partial charge in [0.1, 0.15) is 0 Å². The van der Waals surface area contributed by atoms with Crippen LogP contribution in [0.1, 0.15) is 0 Å². The van der Waals surface area contributed by atoms with E-state index in [0.29, 0.717) is 0 Å². The fourth-order valence-corrected chi connectivity index (χ4v) is 15.5. The first kappa shape index (κ1) is 7.96. The molecule has 1 rings (SSSR count). The average molecular weight is 164 g/mol. The van der Waals surface area contributed by atoms with Crippen LogP contribution in [0.3, 0.4) is 0 Å². The summed E-state index contributed by atoms with van der Waals surface area (Å²) in [6.07, 6.45) is 3.15. The molecule has 1 saturated heterocycles. The Balaban J connectivity index is 2.58. The third-order valence-corrected chi connectivity index (χ3v) is 11.4. The SMILES string of the molecule is C[P+]1(C)CC[P+](C)(C)C1. The van der Waals surface area contributed by atoms with Gasteiger partial charge in [0.15, 0.2) is 5.90 Å². The summed E-state index contributed by atoms with van der Waals surface area (Å²) in [4.78, 5) is 0. The molecule has 0 atom stereocenters. The minimum absolute atomic E-state index is 0.365. The summed E-state index contributed by atoms with van der Waals surface area (Å²) in [5, 5.41) is 0. The number of hydrogen-bond acceptors (Lipinski definition) is 0. The molecule has 9 heavy (non-hydrogen) atoms. The van der Waals surface area contributed by atoms with E-state index >= 15 is 0 Å². The van der Waals surface area contributed by atoms with Crippen LogP contribution in [0, 0.1) is 0 Å². The van der Waals surface area contributed by atoms with E-state index in [1.54, 1.807) is 18.2 Å². The van der Waals surface area contributed by atoms with Gasteiger partial charge in [-0.1, -0.05) is 0 Å². The van der Waals surface area contributed by atoms with Gasteiger partial charge in [0.25, 0.3) is 0 Å². The van der Waals surface area contributed by atoms with E-state index in [0.717, 1.165) is 0 Å². The third kappa shape index (κ3) is 2.17. The zero-order valence-electron chi connectivity index (χ0n) is 7.02. The molecule has 0 aliphatic carbocycles. The fraction of sp³-hybridized carbons (Fsp3) is 1.00.